The third kappa shape index (κ3) is 3.98. The summed E-state index contributed by atoms with van der Waals surface area (Å²) in [7, 11) is 1.73. The van der Waals surface area contributed by atoms with Gasteiger partial charge in [0.25, 0.3) is 0 Å². The van der Waals surface area contributed by atoms with Crippen LogP contribution in [0.3, 0.4) is 0 Å². The van der Waals surface area contributed by atoms with Crippen LogP contribution >= 0.6 is 0 Å². The average Bonchev–Trinajstić information content (AvgIpc) is 2.50. The molecule has 0 aromatic heterocycles. The molecule has 0 bridgehead atoms. The number of nitrogens with one attached hydrogen (secondary N) is 1. The molecule has 2 fully saturated rings. The van der Waals surface area contributed by atoms with Gasteiger partial charge in [-0.3, -0.25) is 0 Å². The monoisotopic (exact) mass is 289 g/mol. The minimum Gasteiger partial charge on any atom is -0.497 e. The van der Waals surface area contributed by atoms with Gasteiger partial charge in [0.05, 0.1) is 13.2 Å². The van der Waals surface area contributed by atoms with Gasteiger partial charge in [0.15, 0.2) is 0 Å². The summed E-state index contributed by atoms with van der Waals surface area (Å²) in [6.45, 7) is 2.06. The lowest BCUT2D eigenvalue weighted by atomic mass is 9.76. The van der Waals surface area contributed by atoms with Crippen molar-refractivity contribution in [2.24, 2.45) is 0 Å². The molecule has 1 aliphatic carbocycles. The molecule has 1 unspecified atom stereocenters. The van der Waals surface area contributed by atoms with E-state index in [4.69, 9.17) is 9.47 Å². The third-order valence-corrected chi connectivity index (χ3v) is 4.88. The molecule has 21 heavy (non-hydrogen) atoms. The molecular weight excluding hydrogens is 262 g/mol. The first-order valence-electron chi connectivity index (χ1n) is 8.34. The van der Waals surface area contributed by atoms with E-state index in [2.05, 4.69) is 23.5 Å². The lowest BCUT2D eigenvalue weighted by molar-refractivity contribution is 0.0107. The minimum absolute atomic E-state index is 0.500. The molecule has 116 valence electrons. The van der Waals surface area contributed by atoms with E-state index in [1.165, 1.54) is 44.1 Å². The molecule has 1 aromatic carbocycles. The first-order chi connectivity index (χ1) is 10.3. The number of hydrogen-bond acceptors (Lipinski definition) is 3. The van der Waals surface area contributed by atoms with Gasteiger partial charge in [-0.15, -0.1) is 0 Å². The van der Waals surface area contributed by atoms with E-state index in [1.54, 1.807) is 7.11 Å². The van der Waals surface area contributed by atoms with Crippen LogP contribution in [0.2, 0.25) is 0 Å². The molecule has 0 spiro atoms. The zero-order chi connectivity index (χ0) is 14.5. The summed E-state index contributed by atoms with van der Waals surface area (Å²) in [4.78, 5) is 0. The Balaban J connectivity index is 1.35. The standard InChI is InChI=1S/C18H27NO2/c1-20-18-7-4-5-14(13-18)15-11-16(12-15)19-9-8-17-6-2-3-10-21-17/h4-5,7,13,15-17,19H,2-3,6,8-12H2,1H3. The lowest BCUT2D eigenvalue weighted by Gasteiger charge is -2.37. The predicted octanol–water partition coefficient (Wildman–Crippen LogP) is 3.49. The Kier molecular flexibility index (Phi) is 5.15. The molecule has 1 saturated carbocycles. The van der Waals surface area contributed by atoms with Crippen LogP contribution in [0.25, 0.3) is 0 Å². The van der Waals surface area contributed by atoms with Crippen molar-refractivity contribution in [2.75, 3.05) is 20.3 Å². The largest absolute Gasteiger partial charge is 0.497 e. The van der Waals surface area contributed by atoms with Crippen molar-refractivity contribution >= 4 is 0 Å². The van der Waals surface area contributed by atoms with Crippen LogP contribution in [0, 0.1) is 0 Å². The molecule has 3 rings (SSSR count). The van der Waals surface area contributed by atoms with E-state index < -0.39 is 0 Å². The summed E-state index contributed by atoms with van der Waals surface area (Å²) >= 11 is 0. The second-order valence-corrected chi connectivity index (χ2v) is 6.37. The quantitative estimate of drug-likeness (QED) is 0.869. The van der Waals surface area contributed by atoms with Crippen molar-refractivity contribution in [2.45, 2.75) is 56.6 Å². The van der Waals surface area contributed by atoms with Crippen LogP contribution in [-0.4, -0.2) is 32.4 Å². The van der Waals surface area contributed by atoms with Crippen molar-refractivity contribution in [3.63, 3.8) is 0 Å². The van der Waals surface area contributed by atoms with Crippen molar-refractivity contribution < 1.29 is 9.47 Å². The van der Waals surface area contributed by atoms with Crippen molar-refractivity contribution in [1.82, 2.24) is 5.32 Å². The van der Waals surface area contributed by atoms with Crippen LogP contribution < -0.4 is 10.1 Å². The zero-order valence-corrected chi connectivity index (χ0v) is 13.0. The maximum absolute atomic E-state index is 5.77. The van der Waals surface area contributed by atoms with Gasteiger partial charge < -0.3 is 14.8 Å². The molecule has 1 atom stereocenters. The van der Waals surface area contributed by atoms with Crippen LogP contribution in [0.1, 0.15) is 50.0 Å². The summed E-state index contributed by atoms with van der Waals surface area (Å²) < 4.78 is 11.1. The molecule has 1 aliphatic heterocycles. The van der Waals surface area contributed by atoms with E-state index in [0.717, 1.165) is 18.9 Å². The van der Waals surface area contributed by atoms with E-state index in [0.29, 0.717) is 18.1 Å². The number of benzene rings is 1. The number of rotatable bonds is 6. The topological polar surface area (TPSA) is 30.5 Å². The summed E-state index contributed by atoms with van der Waals surface area (Å²) in [5.74, 6) is 1.67. The van der Waals surface area contributed by atoms with Gasteiger partial charge in [-0.05, 0) is 68.7 Å². The van der Waals surface area contributed by atoms with Crippen LogP contribution in [-0.2, 0) is 4.74 Å². The van der Waals surface area contributed by atoms with Crippen molar-refractivity contribution in [3.8, 4) is 5.75 Å². The van der Waals surface area contributed by atoms with Crippen molar-refractivity contribution in [1.29, 1.82) is 0 Å². The second kappa shape index (κ2) is 7.28. The normalized spacial score (nSPS) is 28.9. The molecular formula is C18H27NO2. The fraction of sp³-hybridized carbons (Fsp3) is 0.667. The average molecular weight is 289 g/mol. The van der Waals surface area contributed by atoms with Crippen LogP contribution in [0.15, 0.2) is 24.3 Å². The van der Waals surface area contributed by atoms with E-state index in [-0.39, 0.29) is 0 Å². The lowest BCUT2D eigenvalue weighted by Crippen LogP contribution is -2.41. The number of hydrogen-bond donors (Lipinski definition) is 1. The van der Waals surface area contributed by atoms with Gasteiger partial charge in [0.1, 0.15) is 5.75 Å². The van der Waals surface area contributed by atoms with Crippen LogP contribution in [0.4, 0.5) is 0 Å². The number of methoxy groups -OCH3 is 1. The highest BCUT2D eigenvalue weighted by atomic mass is 16.5. The zero-order valence-electron chi connectivity index (χ0n) is 13.0. The first-order valence-corrected chi connectivity index (χ1v) is 8.34. The Morgan fingerprint density at radius 2 is 2.19 bits per heavy atom. The van der Waals surface area contributed by atoms with Crippen molar-refractivity contribution in [3.05, 3.63) is 29.8 Å². The second-order valence-electron chi connectivity index (χ2n) is 6.37. The number of ether oxygens (including phenoxy) is 2. The molecule has 1 saturated heterocycles. The molecule has 3 nitrogen and oxygen atoms in total. The van der Waals surface area contributed by atoms with Gasteiger partial charge in [-0.1, -0.05) is 12.1 Å². The van der Waals surface area contributed by atoms with Gasteiger partial charge in [0, 0.05) is 12.6 Å². The summed E-state index contributed by atoms with van der Waals surface area (Å²) in [5, 5.41) is 3.68. The SMILES string of the molecule is COc1cccc(C2CC(NCCC3CCCCO3)C2)c1. The Labute approximate surface area is 128 Å². The Hall–Kier alpha value is -1.06. The summed E-state index contributed by atoms with van der Waals surface area (Å²) in [6.07, 6.45) is 8.00. The summed E-state index contributed by atoms with van der Waals surface area (Å²) in [5.41, 5.74) is 1.42. The highest BCUT2D eigenvalue weighted by molar-refractivity contribution is 5.32. The molecule has 2 aliphatic rings. The van der Waals surface area contributed by atoms with E-state index >= 15 is 0 Å². The fourth-order valence-corrected chi connectivity index (χ4v) is 3.44. The maximum Gasteiger partial charge on any atom is 0.119 e. The highest BCUT2D eigenvalue weighted by Gasteiger charge is 2.30. The van der Waals surface area contributed by atoms with E-state index in [1.807, 2.05) is 6.07 Å². The predicted molar refractivity (Wildman–Crippen MR) is 85.0 cm³/mol. The van der Waals surface area contributed by atoms with Gasteiger partial charge in [-0.2, -0.15) is 0 Å². The Morgan fingerprint density at radius 1 is 1.29 bits per heavy atom. The Morgan fingerprint density at radius 3 is 2.95 bits per heavy atom. The van der Waals surface area contributed by atoms with Gasteiger partial charge >= 0.3 is 0 Å². The fourth-order valence-electron chi connectivity index (χ4n) is 3.44. The first kappa shape index (κ1) is 14.9. The van der Waals surface area contributed by atoms with E-state index in [9.17, 15) is 0 Å². The minimum atomic E-state index is 0.500. The molecule has 3 heteroatoms. The smallest absolute Gasteiger partial charge is 0.119 e. The van der Waals surface area contributed by atoms with Gasteiger partial charge in [-0.25, -0.2) is 0 Å². The summed E-state index contributed by atoms with van der Waals surface area (Å²) in [6, 6.07) is 9.19. The molecule has 0 amide bonds. The Bertz CT molecular complexity index is 437. The van der Waals surface area contributed by atoms with Gasteiger partial charge in [0.2, 0.25) is 0 Å². The van der Waals surface area contributed by atoms with Crippen LogP contribution in [0.5, 0.6) is 5.75 Å². The molecule has 0 radical (unpaired) electrons. The molecule has 1 N–H and O–H groups in total. The molecule has 1 aromatic rings. The third-order valence-electron chi connectivity index (χ3n) is 4.88. The highest BCUT2D eigenvalue weighted by Crippen LogP contribution is 2.37. The maximum atomic E-state index is 5.77. The molecule has 1 heterocycles.